The standard InChI is InChI=1S/C23H25F3N4O4S/c24-23(25,26)17-2-1-3-18(15-17)29-10-12-30(13-11-29)22(32)8-9-27-35(33,34)19-5-6-20-16(14-19)4-7-21(31)28-20/h1-3,5-6,14-15,27H,4,7-13H2,(H,28,31). The molecule has 0 aromatic heterocycles. The Bertz CT molecular complexity index is 1230. The van der Waals surface area contributed by atoms with Crippen molar-refractivity contribution in [2.24, 2.45) is 0 Å². The molecule has 2 heterocycles. The molecule has 188 valence electrons. The summed E-state index contributed by atoms with van der Waals surface area (Å²) < 4.78 is 66.6. The highest BCUT2D eigenvalue weighted by atomic mass is 32.2. The fraction of sp³-hybridized carbons (Fsp3) is 0.391. The zero-order valence-corrected chi connectivity index (χ0v) is 19.6. The van der Waals surface area contributed by atoms with Crippen LogP contribution in [0.2, 0.25) is 0 Å². The van der Waals surface area contributed by atoms with E-state index in [2.05, 4.69) is 10.0 Å². The smallest absolute Gasteiger partial charge is 0.368 e. The predicted octanol–water partition coefficient (Wildman–Crippen LogP) is 2.61. The van der Waals surface area contributed by atoms with E-state index in [1.165, 1.54) is 18.2 Å². The summed E-state index contributed by atoms with van der Waals surface area (Å²) in [6.45, 7) is 1.34. The molecule has 0 radical (unpaired) electrons. The van der Waals surface area contributed by atoms with Gasteiger partial charge in [-0.15, -0.1) is 0 Å². The zero-order chi connectivity index (χ0) is 25.2. The summed E-state index contributed by atoms with van der Waals surface area (Å²) in [5.74, 6) is -0.343. The first-order valence-corrected chi connectivity index (χ1v) is 12.6. The molecular formula is C23H25F3N4O4S. The van der Waals surface area contributed by atoms with E-state index in [1.54, 1.807) is 21.9 Å². The fourth-order valence-electron chi connectivity index (χ4n) is 4.15. The average molecular weight is 511 g/mol. The highest BCUT2D eigenvalue weighted by Crippen LogP contribution is 2.32. The van der Waals surface area contributed by atoms with Gasteiger partial charge >= 0.3 is 6.18 Å². The van der Waals surface area contributed by atoms with Crippen molar-refractivity contribution in [3.63, 3.8) is 0 Å². The van der Waals surface area contributed by atoms with E-state index in [4.69, 9.17) is 0 Å². The van der Waals surface area contributed by atoms with Crippen molar-refractivity contribution in [3.8, 4) is 0 Å². The SMILES string of the molecule is O=C1CCc2cc(S(=O)(=O)NCCC(=O)N3CCN(c4cccc(C(F)(F)F)c4)CC3)ccc2N1. The first-order valence-electron chi connectivity index (χ1n) is 11.2. The molecule has 12 heteroatoms. The minimum absolute atomic E-state index is 0.0379. The molecule has 1 saturated heterocycles. The largest absolute Gasteiger partial charge is 0.416 e. The lowest BCUT2D eigenvalue weighted by atomic mass is 10.0. The van der Waals surface area contributed by atoms with E-state index >= 15 is 0 Å². The van der Waals surface area contributed by atoms with Gasteiger partial charge in [0.1, 0.15) is 0 Å². The Morgan fingerprint density at radius 1 is 1.03 bits per heavy atom. The minimum atomic E-state index is -4.42. The lowest BCUT2D eigenvalue weighted by Crippen LogP contribution is -2.49. The summed E-state index contributed by atoms with van der Waals surface area (Å²) in [4.78, 5) is 27.5. The Hall–Kier alpha value is -3.12. The zero-order valence-electron chi connectivity index (χ0n) is 18.8. The van der Waals surface area contributed by atoms with Crippen molar-refractivity contribution in [2.45, 2.75) is 30.3 Å². The molecule has 0 spiro atoms. The Morgan fingerprint density at radius 3 is 2.49 bits per heavy atom. The molecule has 0 aliphatic carbocycles. The van der Waals surface area contributed by atoms with E-state index in [0.29, 0.717) is 50.4 Å². The number of anilines is 2. The van der Waals surface area contributed by atoms with Crippen molar-refractivity contribution < 1.29 is 31.2 Å². The molecule has 0 unspecified atom stereocenters. The van der Waals surface area contributed by atoms with Gasteiger partial charge in [0, 0.05) is 56.9 Å². The molecule has 2 amide bonds. The van der Waals surface area contributed by atoms with Crippen molar-refractivity contribution in [3.05, 3.63) is 53.6 Å². The molecule has 0 atom stereocenters. The predicted molar refractivity (Wildman–Crippen MR) is 123 cm³/mol. The number of nitrogens with one attached hydrogen (secondary N) is 2. The van der Waals surface area contributed by atoms with Gasteiger partial charge < -0.3 is 15.1 Å². The van der Waals surface area contributed by atoms with Crippen LogP contribution < -0.4 is 14.9 Å². The van der Waals surface area contributed by atoms with Crippen LogP contribution in [0.25, 0.3) is 0 Å². The molecule has 0 saturated carbocycles. The van der Waals surface area contributed by atoms with Gasteiger partial charge in [-0.1, -0.05) is 6.07 Å². The highest BCUT2D eigenvalue weighted by molar-refractivity contribution is 7.89. The molecule has 1 fully saturated rings. The normalized spacial score (nSPS) is 16.6. The van der Waals surface area contributed by atoms with Gasteiger partial charge in [0.15, 0.2) is 0 Å². The van der Waals surface area contributed by atoms with E-state index in [-0.39, 0.29) is 29.7 Å². The van der Waals surface area contributed by atoms with Gasteiger partial charge in [-0.2, -0.15) is 13.2 Å². The number of fused-ring (bicyclic) bond motifs is 1. The number of piperazine rings is 1. The maximum Gasteiger partial charge on any atom is 0.416 e. The molecule has 2 aromatic rings. The number of sulfonamides is 1. The van der Waals surface area contributed by atoms with Crippen LogP contribution in [0, 0.1) is 0 Å². The van der Waals surface area contributed by atoms with E-state index < -0.39 is 21.8 Å². The number of halogens is 3. The monoisotopic (exact) mass is 510 g/mol. The lowest BCUT2D eigenvalue weighted by molar-refractivity contribution is -0.137. The van der Waals surface area contributed by atoms with Gasteiger partial charge in [0.25, 0.3) is 0 Å². The summed E-state index contributed by atoms with van der Waals surface area (Å²) in [5.41, 5.74) is 1.07. The van der Waals surface area contributed by atoms with Crippen molar-refractivity contribution in [1.82, 2.24) is 9.62 Å². The molecule has 2 aliphatic rings. The third-order valence-corrected chi connectivity index (χ3v) is 7.54. The number of nitrogens with zero attached hydrogens (tertiary/aromatic N) is 2. The summed E-state index contributed by atoms with van der Waals surface area (Å²) in [7, 11) is -3.83. The Morgan fingerprint density at radius 2 is 1.77 bits per heavy atom. The molecule has 0 bridgehead atoms. The van der Waals surface area contributed by atoms with Gasteiger partial charge in [-0.25, -0.2) is 13.1 Å². The molecule has 2 aliphatic heterocycles. The molecule has 2 aromatic carbocycles. The summed E-state index contributed by atoms with van der Waals surface area (Å²) in [6.07, 6.45) is -3.71. The number of carbonyl (C=O) groups excluding carboxylic acids is 2. The number of hydrogen-bond donors (Lipinski definition) is 2. The maximum absolute atomic E-state index is 13.0. The first-order chi connectivity index (χ1) is 16.5. The molecule has 8 nitrogen and oxygen atoms in total. The van der Waals surface area contributed by atoms with Crippen LogP contribution in [0.4, 0.5) is 24.5 Å². The first kappa shape index (κ1) is 25.0. The number of rotatable bonds is 6. The van der Waals surface area contributed by atoms with E-state index in [9.17, 15) is 31.2 Å². The second-order valence-electron chi connectivity index (χ2n) is 8.43. The number of amides is 2. The Labute approximate surface area is 201 Å². The number of benzene rings is 2. The third kappa shape index (κ3) is 5.93. The van der Waals surface area contributed by atoms with Crippen LogP contribution >= 0.6 is 0 Å². The van der Waals surface area contributed by atoms with Gasteiger partial charge in [-0.3, -0.25) is 9.59 Å². The van der Waals surface area contributed by atoms with E-state index in [0.717, 1.165) is 17.7 Å². The maximum atomic E-state index is 13.0. The second kappa shape index (κ2) is 9.86. The van der Waals surface area contributed by atoms with Gasteiger partial charge in [-0.05, 0) is 48.4 Å². The van der Waals surface area contributed by atoms with Crippen molar-refractivity contribution in [2.75, 3.05) is 42.9 Å². The van der Waals surface area contributed by atoms with Crippen LogP contribution in [0.1, 0.15) is 24.0 Å². The third-order valence-electron chi connectivity index (χ3n) is 6.08. The van der Waals surface area contributed by atoms with Gasteiger partial charge in [0.05, 0.1) is 10.5 Å². The van der Waals surface area contributed by atoms with Crippen LogP contribution in [0.15, 0.2) is 47.4 Å². The quantitative estimate of drug-likeness (QED) is 0.623. The van der Waals surface area contributed by atoms with Crippen LogP contribution in [-0.4, -0.2) is 57.9 Å². The number of aryl methyl sites for hydroxylation is 1. The molecule has 4 rings (SSSR count). The number of hydrogen-bond acceptors (Lipinski definition) is 5. The number of carbonyl (C=O) groups is 2. The molecule has 2 N–H and O–H groups in total. The number of alkyl halides is 3. The second-order valence-corrected chi connectivity index (χ2v) is 10.2. The summed E-state index contributed by atoms with van der Waals surface area (Å²) >= 11 is 0. The highest BCUT2D eigenvalue weighted by Gasteiger charge is 2.31. The van der Waals surface area contributed by atoms with E-state index in [1.807, 2.05) is 0 Å². The topological polar surface area (TPSA) is 98.8 Å². The van der Waals surface area contributed by atoms with Crippen molar-refractivity contribution >= 4 is 33.2 Å². The average Bonchev–Trinajstić information content (AvgIpc) is 2.83. The fourth-order valence-corrected chi connectivity index (χ4v) is 5.24. The Kier molecular flexibility index (Phi) is 7.04. The van der Waals surface area contributed by atoms with Crippen LogP contribution in [0.5, 0.6) is 0 Å². The van der Waals surface area contributed by atoms with Gasteiger partial charge in [0.2, 0.25) is 21.8 Å². The lowest BCUT2D eigenvalue weighted by Gasteiger charge is -2.36. The van der Waals surface area contributed by atoms with Crippen LogP contribution in [0.3, 0.4) is 0 Å². The van der Waals surface area contributed by atoms with Crippen molar-refractivity contribution in [1.29, 1.82) is 0 Å². The molecule has 35 heavy (non-hydrogen) atoms. The summed E-state index contributed by atoms with van der Waals surface area (Å²) in [5, 5.41) is 2.70. The van der Waals surface area contributed by atoms with Crippen LogP contribution in [-0.2, 0) is 32.2 Å². The minimum Gasteiger partial charge on any atom is -0.368 e. The summed E-state index contributed by atoms with van der Waals surface area (Å²) in [6, 6.07) is 9.56. The molecular weight excluding hydrogens is 485 g/mol. The Balaban J connectivity index is 1.27.